The fraction of sp³-hybridized carbons (Fsp3) is 0.333. The molecule has 1 amide bonds. The van der Waals surface area contributed by atoms with Crippen molar-refractivity contribution in [1.29, 1.82) is 0 Å². The first-order chi connectivity index (χ1) is 15.2. The first-order valence-electron chi connectivity index (χ1n) is 10.7. The van der Waals surface area contributed by atoms with Gasteiger partial charge in [-0.05, 0) is 49.7 Å². The maximum atomic E-state index is 13.0. The number of ether oxygens (including phenoxy) is 1. The predicted octanol–water partition coefficient (Wildman–Crippen LogP) is 4.03. The average Bonchev–Trinajstić information content (AvgIpc) is 3.26. The van der Waals surface area contributed by atoms with Crippen LogP contribution < -0.4 is 5.32 Å². The third-order valence-corrected chi connectivity index (χ3v) is 5.63. The van der Waals surface area contributed by atoms with Crippen molar-refractivity contribution in [3.05, 3.63) is 71.4 Å². The minimum atomic E-state index is -0.122. The predicted molar refractivity (Wildman–Crippen MR) is 123 cm³/mol. The highest BCUT2D eigenvalue weighted by atomic mass is 35.5. The Morgan fingerprint density at radius 3 is 2.52 bits per heavy atom. The molecular formula is C24H27ClN4O2. The summed E-state index contributed by atoms with van der Waals surface area (Å²) in [6.07, 6.45) is 1.99. The van der Waals surface area contributed by atoms with Gasteiger partial charge in [0.2, 0.25) is 0 Å². The molecule has 1 aliphatic rings. The van der Waals surface area contributed by atoms with Crippen molar-refractivity contribution in [2.24, 2.45) is 0 Å². The second-order valence-electron chi connectivity index (χ2n) is 7.59. The summed E-state index contributed by atoms with van der Waals surface area (Å²) in [5.41, 5.74) is 3.01. The molecule has 6 nitrogen and oxygen atoms in total. The molecule has 0 bridgehead atoms. The van der Waals surface area contributed by atoms with Gasteiger partial charge in [0.15, 0.2) is 0 Å². The molecule has 31 heavy (non-hydrogen) atoms. The zero-order valence-electron chi connectivity index (χ0n) is 17.5. The lowest BCUT2D eigenvalue weighted by molar-refractivity contribution is 0.0372. The summed E-state index contributed by atoms with van der Waals surface area (Å²) in [6, 6.07) is 19.0. The molecule has 1 aromatic heterocycles. The summed E-state index contributed by atoms with van der Waals surface area (Å²) < 4.78 is 7.08. The molecule has 0 radical (unpaired) electrons. The van der Waals surface area contributed by atoms with Crippen LogP contribution in [0.1, 0.15) is 23.3 Å². The highest BCUT2D eigenvalue weighted by molar-refractivity contribution is 6.30. The van der Waals surface area contributed by atoms with E-state index in [1.54, 1.807) is 4.68 Å². The van der Waals surface area contributed by atoms with Crippen molar-refractivity contribution >= 4 is 17.5 Å². The van der Waals surface area contributed by atoms with Crippen LogP contribution in [0.5, 0.6) is 0 Å². The van der Waals surface area contributed by atoms with Gasteiger partial charge in [-0.15, -0.1) is 0 Å². The van der Waals surface area contributed by atoms with Gasteiger partial charge in [0.25, 0.3) is 5.91 Å². The van der Waals surface area contributed by atoms with Crippen LogP contribution in [0.25, 0.3) is 16.9 Å². The molecule has 1 N–H and O–H groups in total. The number of amides is 1. The summed E-state index contributed by atoms with van der Waals surface area (Å²) in [7, 11) is 0. The Hall–Kier alpha value is -2.67. The van der Waals surface area contributed by atoms with E-state index in [0.29, 0.717) is 17.3 Å². The molecule has 1 fully saturated rings. The number of morpholine rings is 1. The molecule has 3 aromatic rings. The van der Waals surface area contributed by atoms with Gasteiger partial charge in [-0.1, -0.05) is 41.9 Å². The summed E-state index contributed by atoms with van der Waals surface area (Å²) in [5, 5.41) is 8.43. The lowest BCUT2D eigenvalue weighted by Gasteiger charge is -2.26. The molecule has 0 unspecified atom stereocenters. The molecule has 1 aliphatic heterocycles. The molecule has 1 saturated heterocycles. The highest BCUT2D eigenvalue weighted by Gasteiger charge is 2.17. The van der Waals surface area contributed by atoms with E-state index in [2.05, 4.69) is 10.2 Å². The number of aromatic nitrogens is 2. The van der Waals surface area contributed by atoms with Crippen molar-refractivity contribution < 1.29 is 9.53 Å². The fourth-order valence-corrected chi connectivity index (χ4v) is 3.77. The third kappa shape index (κ3) is 5.73. The van der Waals surface area contributed by atoms with Crippen molar-refractivity contribution in [3.8, 4) is 16.9 Å². The van der Waals surface area contributed by atoms with Crippen LogP contribution in [0.4, 0.5) is 0 Å². The first kappa shape index (κ1) is 21.6. The summed E-state index contributed by atoms with van der Waals surface area (Å²) >= 11 is 6.02. The number of carbonyl (C=O) groups excluding carboxylic acids is 1. The monoisotopic (exact) mass is 438 g/mol. The van der Waals surface area contributed by atoms with Crippen LogP contribution in [0, 0.1) is 0 Å². The van der Waals surface area contributed by atoms with Gasteiger partial charge in [0, 0.05) is 30.2 Å². The SMILES string of the molecule is O=C(NCCCCN1CCOCC1)c1cc(-c2ccc(Cl)cc2)nn1-c1ccccc1. The van der Waals surface area contributed by atoms with Crippen molar-refractivity contribution in [3.63, 3.8) is 0 Å². The minimum absolute atomic E-state index is 0.122. The molecule has 162 valence electrons. The summed E-state index contributed by atoms with van der Waals surface area (Å²) in [6.45, 7) is 5.31. The van der Waals surface area contributed by atoms with Gasteiger partial charge in [-0.2, -0.15) is 5.10 Å². The van der Waals surface area contributed by atoms with Crippen molar-refractivity contribution in [1.82, 2.24) is 20.0 Å². The second-order valence-corrected chi connectivity index (χ2v) is 8.02. The Labute approximate surface area is 187 Å². The van der Waals surface area contributed by atoms with Crippen LogP contribution in [-0.4, -0.2) is 60.0 Å². The van der Waals surface area contributed by atoms with E-state index in [4.69, 9.17) is 21.4 Å². The summed E-state index contributed by atoms with van der Waals surface area (Å²) in [4.78, 5) is 15.4. The molecule has 7 heteroatoms. The zero-order chi connectivity index (χ0) is 21.5. The number of benzene rings is 2. The van der Waals surface area contributed by atoms with Crippen LogP contribution >= 0.6 is 11.6 Å². The molecule has 0 atom stereocenters. The largest absolute Gasteiger partial charge is 0.379 e. The molecule has 0 saturated carbocycles. The van der Waals surface area contributed by atoms with Gasteiger partial charge in [-0.25, -0.2) is 4.68 Å². The number of para-hydroxylation sites is 1. The van der Waals surface area contributed by atoms with E-state index in [0.717, 1.165) is 62.6 Å². The number of nitrogens with zero attached hydrogens (tertiary/aromatic N) is 3. The number of unbranched alkanes of at least 4 members (excludes halogenated alkanes) is 1. The lowest BCUT2D eigenvalue weighted by Crippen LogP contribution is -2.37. The highest BCUT2D eigenvalue weighted by Crippen LogP contribution is 2.23. The van der Waals surface area contributed by atoms with Gasteiger partial charge < -0.3 is 10.1 Å². The van der Waals surface area contributed by atoms with Crippen molar-refractivity contribution in [2.45, 2.75) is 12.8 Å². The van der Waals surface area contributed by atoms with Crippen LogP contribution in [0.2, 0.25) is 5.02 Å². The number of rotatable bonds is 8. The second kappa shape index (κ2) is 10.6. The van der Waals surface area contributed by atoms with Gasteiger partial charge in [0.1, 0.15) is 5.69 Å². The third-order valence-electron chi connectivity index (χ3n) is 5.37. The van der Waals surface area contributed by atoms with Crippen LogP contribution in [-0.2, 0) is 4.74 Å². The molecule has 2 heterocycles. The number of hydrogen-bond donors (Lipinski definition) is 1. The maximum Gasteiger partial charge on any atom is 0.270 e. The number of hydrogen-bond acceptors (Lipinski definition) is 4. The van der Waals surface area contributed by atoms with Gasteiger partial charge >= 0.3 is 0 Å². The van der Waals surface area contributed by atoms with E-state index in [1.807, 2.05) is 60.7 Å². The molecular weight excluding hydrogens is 412 g/mol. The van der Waals surface area contributed by atoms with E-state index < -0.39 is 0 Å². The normalized spacial score (nSPS) is 14.5. The Kier molecular flexibility index (Phi) is 7.35. The van der Waals surface area contributed by atoms with Crippen LogP contribution in [0.3, 0.4) is 0 Å². The first-order valence-corrected chi connectivity index (χ1v) is 11.1. The molecule has 4 rings (SSSR count). The smallest absolute Gasteiger partial charge is 0.270 e. The molecule has 0 aliphatic carbocycles. The minimum Gasteiger partial charge on any atom is -0.379 e. The van der Waals surface area contributed by atoms with Gasteiger partial charge in [0.05, 0.1) is 24.6 Å². The number of carbonyl (C=O) groups is 1. The number of halogens is 1. The van der Waals surface area contributed by atoms with Crippen molar-refractivity contribution in [2.75, 3.05) is 39.4 Å². The van der Waals surface area contributed by atoms with E-state index in [-0.39, 0.29) is 5.91 Å². The fourth-order valence-electron chi connectivity index (χ4n) is 3.65. The Morgan fingerprint density at radius 1 is 1.03 bits per heavy atom. The number of nitrogens with one attached hydrogen (secondary N) is 1. The Balaban J connectivity index is 1.42. The van der Waals surface area contributed by atoms with E-state index in [1.165, 1.54) is 0 Å². The maximum absolute atomic E-state index is 13.0. The summed E-state index contributed by atoms with van der Waals surface area (Å²) in [5.74, 6) is -0.122. The topological polar surface area (TPSA) is 59.4 Å². The molecule has 2 aromatic carbocycles. The Morgan fingerprint density at radius 2 is 1.77 bits per heavy atom. The van der Waals surface area contributed by atoms with Gasteiger partial charge in [-0.3, -0.25) is 9.69 Å². The lowest BCUT2D eigenvalue weighted by atomic mass is 10.1. The average molecular weight is 439 g/mol. The van der Waals surface area contributed by atoms with E-state index >= 15 is 0 Å². The Bertz CT molecular complexity index is 983. The van der Waals surface area contributed by atoms with Crippen LogP contribution in [0.15, 0.2) is 60.7 Å². The molecule has 0 spiro atoms. The standard InChI is InChI=1S/C24H27ClN4O2/c25-20-10-8-19(9-11-20)22-18-23(29(27-22)21-6-2-1-3-7-21)24(30)26-12-4-5-13-28-14-16-31-17-15-28/h1-3,6-11,18H,4-5,12-17H2,(H,26,30). The zero-order valence-corrected chi connectivity index (χ0v) is 18.2. The quantitative estimate of drug-likeness (QED) is 0.539. The van der Waals surface area contributed by atoms with E-state index in [9.17, 15) is 4.79 Å².